The predicted molar refractivity (Wildman–Crippen MR) is 54.8 cm³/mol. The van der Waals surface area contributed by atoms with Crippen LogP contribution >= 0.6 is 0 Å². The summed E-state index contributed by atoms with van der Waals surface area (Å²) in [5, 5.41) is 18.0. The van der Waals surface area contributed by atoms with Crippen LogP contribution < -0.4 is 0 Å². The van der Waals surface area contributed by atoms with Crippen molar-refractivity contribution in [2.24, 2.45) is 0 Å². The number of aliphatic hydroxyl groups excluding tert-OH is 1. The molecule has 0 rings (SSSR count). The number of aliphatic hydroxyl groups is 1. The van der Waals surface area contributed by atoms with Crippen LogP contribution in [0.15, 0.2) is 0 Å². The molecule has 0 radical (unpaired) electrons. The van der Waals surface area contributed by atoms with Gasteiger partial charge in [0.05, 0.1) is 18.8 Å². The average molecular weight is 200 g/mol. The van der Waals surface area contributed by atoms with E-state index in [4.69, 9.17) is 10.00 Å². The Morgan fingerprint density at radius 2 is 2.14 bits per heavy atom. The largest absolute Gasteiger partial charge is 0.389 e. The minimum atomic E-state index is -0.471. The van der Waals surface area contributed by atoms with Gasteiger partial charge in [0.25, 0.3) is 0 Å². The first kappa shape index (κ1) is 13.4. The first-order valence-corrected chi connectivity index (χ1v) is 4.89. The molecule has 0 aromatic rings. The van der Waals surface area contributed by atoms with Gasteiger partial charge in [0.2, 0.25) is 0 Å². The summed E-state index contributed by atoms with van der Waals surface area (Å²) in [6, 6.07) is 2.45. The molecule has 0 aliphatic rings. The number of hydrogen-bond acceptors (Lipinski definition) is 4. The van der Waals surface area contributed by atoms with Gasteiger partial charge in [0, 0.05) is 32.7 Å². The standard InChI is InChI=1S/C10H20N2O2/c1-9(2)12(6-4-5-11)7-10(13)8-14-3/h9-10,13H,4,6-8H2,1-3H3. The fraction of sp³-hybridized carbons (Fsp3) is 0.900. The third kappa shape index (κ3) is 5.92. The third-order valence-corrected chi connectivity index (χ3v) is 2.05. The second-order valence-electron chi connectivity index (χ2n) is 3.61. The van der Waals surface area contributed by atoms with E-state index >= 15 is 0 Å². The molecule has 0 aliphatic carbocycles. The van der Waals surface area contributed by atoms with Crippen LogP contribution in [0, 0.1) is 11.3 Å². The number of nitriles is 1. The summed E-state index contributed by atoms with van der Waals surface area (Å²) in [6.45, 7) is 5.71. The Bertz CT molecular complexity index is 177. The van der Waals surface area contributed by atoms with Crippen molar-refractivity contribution in [3.05, 3.63) is 0 Å². The van der Waals surface area contributed by atoms with Crippen molar-refractivity contribution in [1.82, 2.24) is 4.90 Å². The normalized spacial score (nSPS) is 13.2. The van der Waals surface area contributed by atoms with Crippen LogP contribution in [0.2, 0.25) is 0 Å². The molecule has 1 atom stereocenters. The molecule has 0 spiro atoms. The van der Waals surface area contributed by atoms with Crippen LogP contribution in [0.3, 0.4) is 0 Å². The Kier molecular flexibility index (Phi) is 7.40. The molecule has 1 unspecified atom stereocenters. The molecule has 0 aromatic heterocycles. The number of hydrogen-bond donors (Lipinski definition) is 1. The van der Waals surface area contributed by atoms with Gasteiger partial charge < -0.3 is 9.84 Å². The van der Waals surface area contributed by atoms with E-state index in [9.17, 15) is 5.11 Å². The highest BCUT2D eigenvalue weighted by Crippen LogP contribution is 2.01. The fourth-order valence-electron chi connectivity index (χ4n) is 1.27. The van der Waals surface area contributed by atoms with Crippen molar-refractivity contribution in [1.29, 1.82) is 5.26 Å². The number of ether oxygens (including phenoxy) is 1. The van der Waals surface area contributed by atoms with E-state index in [1.807, 2.05) is 0 Å². The maximum atomic E-state index is 9.52. The van der Waals surface area contributed by atoms with Crippen molar-refractivity contribution >= 4 is 0 Å². The van der Waals surface area contributed by atoms with Gasteiger partial charge >= 0.3 is 0 Å². The molecule has 4 heteroatoms. The minimum Gasteiger partial charge on any atom is -0.389 e. The second kappa shape index (κ2) is 7.74. The van der Waals surface area contributed by atoms with E-state index in [0.29, 0.717) is 32.2 Å². The van der Waals surface area contributed by atoms with Gasteiger partial charge in [-0.3, -0.25) is 4.90 Å². The molecule has 0 aliphatic heterocycles. The molecule has 0 amide bonds. The quantitative estimate of drug-likeness (QED) is 0.654. The zero-order valence-corrected chi connectivity index (χ0v) is 9.23. The molecule has 0 aromatic carbocycles. The highest BCUT2D eigenvalue weighted by molar-refractivity contribution is 4.75. The molecule has 0 fully saturated rings. The highest BCUT2D eigenvalue weighted by Gasteiger charge is 2.13. The number of rotatable bonds is 7. The summed E-state index contributed by atoms with van der Waals surface area (Å²) in [5.74, 6) is 0. The van der Waals surface area contributed by atoms with Crippen molar-refractivity contribution in [2.75, 3.05) is 26.8 Å². The first-order valence-electron chi connectivity index (χ1n) is 4.89. The summed E-state index contributed by atoms with van der Waals surface area (Å²) < 4.78 is 4.85. The lowest BCUT2D eigenvalue weighted by atomic mass is 10.2. The second-order valence-corrected chi connectivity index (χ2v) is 3.61. The molecule has 1 N–H and O–H groups in total. The predicted octanol–water partition coefficient (Wildman–Crippen LogP) is 0.618. The highest BCUT2D eigenvalue weighted by atomic mass is 16.5. The Morgan fingerprint density at radius 1 is 1.50 bits per heavy atom. The smallest absolute Gasteiger partial charge is 0.0900 e. The Labute approximate surface area is 86.1 Å². The fourth-order valence-corrected chi connectivity index (χ4v) is 1.27. The van der Waals surface area contributed by atoms with E-state index in [0.717, 1.165) is 0 Å². The first-order chi connectivity index (χ1) is 6.61. The molecule has 82 valence electrons. The summed E-state index contributed by atoms with van der Waals surface area (Å²) in [7, 11) is 1.57. The zero-order valence-electron chi connectivity index (χ0n) is 9.23. The lowest BCUT2D eigenvalue weighted by molar-refractivity contribution is 0.0309. The van der Waals surface area contributed by atoms with Crippen molar-refractivity contribution in [2.45, 2.75) is 32.4 Å². The van der Waals surface area contributed by atoms with Crippen LogP contribution in [0.25, 0.3) is 0 Å². The molecule has 14 heavy (non-hydrogen) atoms. The van der Waals surface area contributed by atoms with Gasteiger partial charge in [-0.2, -0.15) is 5.26 Å². The lowest BCUT2D eigenvalue weighted by Crippen LogP contribution is -2.39. The van der Waals surface area contributed by atoms with Gasteiger partial charge in [0.15, 0.2) is 0 Å². The zero-order chi connectivity index (χ0) is 11.0. The molecule has 4 nitrogen and oxygen atoms in total. The molecular formula is C10H20N2O2. The molecule has 0 bridgehead atoms. The van der Waals surface area contributed by atoms with Gasteiger partial charge in [0.1, 0.15) is 0 Å². The summed E-state index contributed by atoms with van der Waals surface area (Å²) in [6.07, 6.45) is 0.0267. The minimum absolute atomic E-state index is 0.342. The van der Waals surface area contributed by atoms with Gasteiger partial charge in [-0.05, 0) is 13.8 Å². The number of nitrogens with zero attached hydrogens (tertiary/aromatic N) is 2. The van der Waals surface area contributed by atoms with Crippen LogP contribution in [0.4, 0.5) is 0 Å². The maximum Gasteiger partial charge on any atom is 0.0900 e. The summed E-state index contributed by atoms with van der Waals surface area (Å²) >= 11 is 0. The van der Waals surface area contributed by atoms with E-state index in [-0.39, 0.29) is 0 Å². The molecule has 0 heterocycles. The van der Waals surface area contributed by atoms with Crippen molar-refractivity contribution in [3.63, 3.8) is 0 Å². The van der Waals surface area contributed by atoms with Crippen molar-refractivity contribution in [3.8, 4) is 6.07 Å². The molecule has 0 saturated heterocycles. The molecular weight excluding hydrogens is 180 g/mol. The Morgan fingerprint density at radius 3 is 2.57 bits per heavy atom. The van der Waals surface area contributed by atoms with Crippen LogP contribution in [0.1, 0.15) is 20.3 Å². The van der Waals surface area contributed by atoms with Crippen LogP contribution in [-0.4, -0.2) is 49.0 Å². The Hall–Kier alpha value is -0.630. The topological polar surface area (TPSA) is 56.5 Å². The Balaban J connectivity index is 3.90. The summed E-state index contributed by atoms with van der Waals surface area (Å²) in [4.78, 5) is 2.08. The van der Waals surface area contributed by atoms with Crippen molar-refractivity contribution < 1.29 is 9.84 Å². The monoisotopic (exact) mass is 200 g/mol. The molecule has 0 saturated carbocycles. The van der Waals surface area contributed by atoms with Gasteiger partial charge in [-0.25, -0.2) is 0 Å². The average Bonchev–Trinajstić information content (AvgIpc) is 2.12. The van der Waals surface area contributed by atoms with Crippen LogP contribution in [-0.2, 0) is 4.74 Å². The lowest BCUT2D eigenvalue weighted by Gasteiger charge is -2.27. The van der Waals surface area contributed by atoms with E-state index in [1.54, 1.807) is 7.11 Å². The van der Waals surface area contributed by atoms with E-state index in [2.05, 4.69) is 24.8 Å². The van der Waals surface area contributed by atoms with Gasteiger partial charge in [-0.15, -0.1) is 0 Å². The van der Waals surface area contributed by atoms with E-state index in [1.165, 1.54) is 0 Å². The SMILES string of the molecule is COCC(O)CN(CCC#N)C(C)C. The van der Waals surface area contributed by atoms with Crippen LogP contribution in [0.5, 0.6) is 0 Å². The number of methoxy groups -OCH3 is 1. The van der Waals surface area contributed by atoms with E-state index < -0.39 is 6.10 Å². The summed E-state index contributed by atoms with van der Waals surface area (Å²) in [5.41, 5.74) is 0. The van der Waals surface area contributed by atoms with Gasteiger partial charge in [-0.1, -0.05) is 0 Å². The third-order valence-electron chi connectivity index (χ3n) is 2.05. The maximum absolute atomic E-state index is 9.52.